The molecule has 2 aromatic rings. The van der Waals surface area contributed by atoms with E-state index in [1.54, 1.807) is 0 Å². The molecule has 0 aliphatic heterocycles. The van der Waals surface area contributed by atoms with Crippen LogP contribution in [-0.4, -0.2) is 0 Å². The van der Waals surface area contributed by atoms with Crippen LogP contribution in [-0.2, 0) is 6.54 Å². The van der Waals surface area contributed by atoms with E-state index in [1.165, 1.54) is 24.0 Å². The van der Waals surface area contributed by atoms with Crippen LogP contribution in [0.15, 0.2) is 48.8 Å². The quantitative estimate of drug-likeness (QED) is 0.683. The van der Waals surface area contributed by atoms with Crippen LogP contribution in [0.25, 0.3) is 11.1 Å². The second-order valence-electron chi connectivity index (χ2n) is 3.97. The minimum atomic E-state index is 1.11. The first-order valence-corrected chi connectivity index (χ1v) is 5.86. The lowest BCUT2D eigenvalue weighted by atomic mass is 10.1. The van der Waals surface area contributed by atoms with E-state index in [0.29, 0.717) is 0 Å². The van der Waals surface area contributed by atoms with Gasteiger partial charge in [-0.05, 0) is 17.2 Å². The molecule has 0 aliphatic rings. The number of hydrogen-bond donors (Lipinski definition) is 0. The molecule has 81 valence electrons. The predicted molar refractivity (Wildman–Crippen MR) is 65.8 cm³/mol. The Morgan fingerprint density at radius 2 is 1.62 bits per heavy atom. The first-order valence-electron chi connectivity index (χ1n) is 5.86. The summed E-state index contributed by atoms with van der Waals surface area (Å²) in [7, 11) is 0. The lowest BCUT2D eigenvalue weighted by molar-refractivity contribution is -0.697. The molecule has 1 radical (unpaired) electrons. The minimum Gasteiger partial charge on any atom is -0.205 e. The molecule has 0 bridgehead atoms. The lowest BCUT2D eigenvalue weighted by Gasteiger charge is -2.00. The SMILES string of the molecule is CCCC[n+]1ccc(-c2cc[c]cc2)cc1. The molecular formula is C15H17N+. The van der Waals surface area contributed by atoms with Crippen molar-refractivity contribution >= 4 is 0 Å². The topological polar surface area (TPSA) is 3.88 Å². The van der Waals surface area contributed by atoms with Crippen LogP contribution < -0.4 is 4.57 Å². The highest BCUT2D eigenvalue weighted by atomic mass is 14.9. The molecule has 0 spiro atoms. The Hall–Kier alpha value is -1.63. The Balaban J connectivity index is 2.13. The molecule has 0 amide bonds. The van der Waals surface area contributed by atoms with E-state index < -0.39 is 0 Å². The Bertz CT molecular complexity index is 417. The zero-order valence-electron chi connectivity index (χ0n) is 9.69. The third-order valence-corrected chi connectivity index (χ3v) is 2.71. The molecule has 0 fully saturated rings. The first kappa shape index (κ1) is 10.9. The number of nitrogens with zero attached hydrogens (tertiary/aromatic N) is 1. The van der Waals surface area contributed by atoms with Crippen LogP contribution in [0.5, 0.6) is 0 Å². The third kappa shape index (κ3) is 2.69. The first-order chi connectivity index (χ1) is 7.90. The predicted octanol–water partition coefficient (Wildman–Crippen LogP) is 3.24. The van der Waals surface area contributed by atoms with Gasteiger partial charge in [0, 0.05) is 18.6 Å². The van der Waals surface area contributed by atoms with Crippen molar-refractivity contribution in [2.75, 3.05) is 0 Å². The van der Waals surface area contributed by atoms with Crippen LogP contribution in [0.1, 0.15) is 19.8 Å². The summed E-state index contributed by atoms with van der Waals surface area (Å²) in [5, 5.41) is 0. The van der Waals surface area contributed by atoms with Crippen molar-refractivity contribution in [3.05, 3.63) is 54.9 Å². The monoisotopic (exact) mass is 211 g/mol. The fourth-order valence-corrected chi connectivity index (χ4v) is 1.72. The van der Waals surface area contributed by atoms with Gasteiger partial charge in [-0.3, -0.25) is 0 Å². The molecular weight excluding hydrogens is 194 g/mol. The number of benzene rings is 1. The van der Waals surface area contributed by atoms with Crippen molar-refractivity contribution in [1.82, 2.24) is 0 Å². The van der Waals surface area contributed by atoms with Crippen molar-refractivity contribution < 1.29 is 4.57 Å². The maximum atomic E-state index is 3.04. The van der Waals surface area contributed by atoms with E-state index in [9.17, 15) is 0 Å². The van der Waals surface area contributed by atoms with Gasteiger partial charge in [0.15, 0.2) is 12.4 Å². The Labute approximate surface area is 97.4 Å². The van der Waals surface area contributed by atoms with Gasteiger partial charge in [-0.15, -0.1) is 0 Å². The zero-order valence-corrected chi connectivity index (χ0v) is 9.69. The van der Waals surface area contributed by atoms with Crippen molar-refractivity contribution in [2.45, 2.75) is 26.3 Å². The number of aryl methyl sites for hydroxylation is 1. The Kier molecular flexibility index (Phi) is 3.71. The Morgan fingerprint density at radius 3 is 2.25 bits per heavy atom. The van der Waals surface area contributed by atoms with Gasteiger partial charge in [0.25, 0.3) is 0 Å². The van der Waals surface area contributed by atoms with E-state index in [0.717, 1.165) is 6.54 Å². The minimum absolute atomic E-state index is 1.11. The van der Waals surface area contributed by atoms with Gasteiger partial charge in [-0.25, -0.2) is 4.57 Å². The zero-order chi connectivity index (χ0) is 11.2. The smallest absolute Gasteiger partial charge is 0.169 e. The summed E-state index contributed by atoms with van der Waals surface area (Å²) >= 11 is 0. The third-order valence-electron chi connectivity index (χ3n) is 2.71. The van der Waals surface area contributed by atoms with Gasteiger partial charge in [0.05, 0.1) is 0 Å². The van der Waals surface area contributed by atoms with E-state index in [-0.39, 0.29) is 0 Å². The van der Waals surface area contributed by atoms with Crippen molar-refractivity contribution in [3.63, 3.8) is 0 Å². The summed E-state index contributed by atoms with van der Waals surface area (Å²) in [6, 6.07) is 15.5. The maximum Gasteiger partial charge on any atom is 0.169 e. The summed E-state index contributed by atoms with van der Waals surface area (Å²) < 4.78 is 2.24. The number of rotatable bonds is 4. The van der Waals surface area contributed by atoms with Gasteiger partial charge < -0.3 is 0 Å². The molecule has 0 aliphatic carbocycles. The van der Waals surface area contributed by atoms with E-state index in [4.69, 9.17) is 0 Å². The van der Waals surface area contributed by atoms with Crippen LogP contribution in [0.2, 0.25) is 0 Å². The Morgan fingerprint density at radius 1 is 1.00 bits per heavy atom. The summed E-state index contributed by atoms with van der Waals surface area (Å²) in [6.07, 6.45) is 6.79. The van der Waals surface area contributed by atoms with Crippen LogP contribution in [0.4, 0.5) is 0 Å². The largest absolute Gasteiger partial charge is 0.205 e. The summed E-state index contributed by atoms with van der Waals surface area (Å²) in [6.45, 7) is 3.33. The second-order valence-corrected chi connectivity index (χ2v) is 3.97. The second kappa shape index (κ2) is 5.45. The fraction of sp³-hybridized carbons (Fsp3) is 0.267. The molecule has 1 nitrogen and oxygen atoms in total. The number of hydrogen-bond acceptors (Lipinski definition) is 0. The van der Waals surface area contributed by atoms with Gasteiger partial charge in [-0.1, -0.05) is 37.6 Å². The molecule has 2 rings (SSSR count). The lowest BCUT2D eigenvalue weighted by Crippen LogP contribution is -2.32. The summed E-state index contributed by atoms with van der Waals surface area (Å²) in [5.74, 6) is 0. The van der Waals surface area contributed by atoms with E-state index in [1.807, 2.05) is 12.1 Å². The number of pyridine rings is 1. The molecule has 0 saturated carbocycles. The summed E-state index contributed by atoms with van der Waals surface area (Å²) in [4.78, 5) is 0. The normalized spacial score (nSPS) is 10.3. The van der Waals surface area contributed by atoms with Gasteiger partial charge in [0.2, 0.25) is 0 Å². The average molecular weight is 211 g/mol. The highest BCUT2D eigenvalue weighted by Gasteiger charge is 2.01. The molecule has 16 heavy (non-hydrogen) atoms. The van der Waals surface area contributed by atoms with Gasteiger partial charge >= 0.3 is 0 Å². The fourth-order valence-electron chi connectivity index (χ4n) is 1.72. The summed E-state index contributed by atoms with van der Waals surface area (Å²) in [5.41, 5.74) is 2.52. The van der Waals surface area contributed by atoms with Crippen LogP contribution >= 0.6 is 0 Å². The van der Waals surface area contributed by atoms with Crippen molar-refractivity contribution in [1.29, 1.82) is 0 Å². The number of aromatic nitrogens is 1. The van der Waals surface area contributed by atoms with Crippen LogP contribution in [0.3, 0.4) is 0 Å². The van der Waals surface area contributed by atoms with E-state index >= 15 is 0 Å². The molecule has 1 aromatic carbocycles. The molecule has 1 heterocycles. The molecule has 0 N–H and O–H groups in total. The molecule has 1 aromatic heterocycles. The van der Waals surface area contributed by atoms with Gasteiger partial charge in [-0.2, -0.15) is 0 Å². The van der Waals surface area contributed by atoms with Gasteiger partial charge in [0.1, 0.15) is 6.54 Å². The number of unbranched alkanes of at least 4 members (excludes halogenated alkanes) is 1. The standard InChI is InChI=1S/C15H17N/c1-2-3-11-16-12-9-15(10-13-16)14-7-5-4-6-8-14/h5-10,12-13H,2-3,11H2,1H3/q+1. The van der Waals surface area contributed by atoms with Crippen LogP contribution in [0, 0.1) is 6.07 Å². The highest BCUT2D eigenvalue weighted by Crippen LogP contribution is 2.16. The van der Waals surface area contributed by atoms with Crippen molar-refractivity contribution in [3.8, 4) is 11.1 Å². The average Bonchev–Trinajstić information content (AvgIpc) is 2.38. The molecule has 0 atom stereocenters. The molecule has 1 heteroatoms. The van der Waals surface area contributed by atoms with Crippen molar-refractivity contribution in [2.24, 2.45) is 0 Å². The molecule has 0 saturated heterocycles. The maximum absolute atomic E-state index is 3.04. The molecule has 0 unspecified atom stereocenters. The highest BCUT2D eigenvalue weighted by molar-refractivity contribution is 5.61. The van der Waals surface area contributed by atoms with E-state index in [2.05, 4.69) is 54.2 Å².